The van der Waals surface area contributed by atoms with Crippen LogP contribution < -0.4 is 5.32 Å². The average Bonchev–Trinajstić information content (AvgIpc) is 2.85. The van der Waals surface area contributed by atoms with E-state index >= 15 is 0 Å². The number of anilines is 1. The Labute approximate surface area is 125 Å². The highest BCUT2D eigenvalue weighted by atomic mass is 79.9. The molecule has 6 nitrogen and oxygen atoms in total. The zero-order valence-electron chi connectivity index (χ0n) is 11.0. The highest BCUT2D eigenvalue weighted by molar-refractivity contribution is 9.10. The van der Waals surface area contributed by atoms with Gasteiger partial charge in [0.25, 0.3) is 5.69 Å². The fraction of sp³-hybridized carbons (Fsp3) is 0.308. The molecule has 0 atom stereocenters. The van der Waals surface area contributed by atoms with Gasteiger partial charge >= 0.3 is 0 Å². The second-order valence-corrected chi connectivity index (χ2v) is 5.30. The van der Waals surface area contributed by atoms with Crippen LogP contribution in [0.5, 0.6) is 0 Å². The predicted molar refractivity (Wildman–Crippen MR) is 80.6 cm³/mol. The lowest BCUT2D eigenvalue weighted by Gasteiger charge is -2.06. The molecule has 1 aromatic heterocycles. The third-order valence-corrected chi connectivity index (χ3v) is 3.27. The van der Waals surface area contributed by atoms with E-state index in [9.17, 15) is 10.1 Å². The van der Waals surface area contributed by atoms with E-state index in [1.165, 1.54) is 6.07 Å². The van der Waals surface area contributed by atoms with Crippen molar-refractivity contribution in [1.29, 1.82) is 0 Å². The summed E-state index contributed by atoms with van der Waals surface area (Å²) in [5, 5.41) is 18.3. The number of nitro benzene ring substituents is 1. The number of benzene rings is 1. The molecular formula is C13H15BrN4O2. The zero-order valence-corrected chi connectivity index (χ0v) is 12.6. The highest BCUT2D eigenvalue weighted by Crippen LogP contribution is 2.28. The van der Waals surface area contributed by atoms with Gasteiger partial charge in [0, 0.05) is 35.4 Å². The molecule has 0 radical (unpaired) electrons. The Bertz CT molecular complexity index is 612. The first-order valence-electron chi connectivity index (χ1n) is 6.29. The number of aromatic nitrogens is 2. The topological polar surface area (TPSA) is 73.0 Å². The van der Waals surface area contributed by atoms with Crippen molar-refractivity contribution in [2.45, 2.75) is 26.4 Å². The molecule has 0 aliphatic carbocycles. The van der Waals surface area contributed by atoms with Crippen molar-refractivity contribution in [2.75, 3.05) is 5.32 Å². The molecule has 2 rings (SSSR count). The van der Waals surface area contributed by atoms with Gasteiger partial charge in [-0.2, -0.15) is 5.10 Å². The van der Waals surface area contributed by atoms with E-state index in [0.717, 1.165) is 18.5 Å². The molecule has 0 saturated carbocycles. The Balaban J connectivity index is 2.08. The summed E-state index contributed by atoms with van der Waals surface area (Å²) in [4.78, 5) is 10.6. The van der Waals surface area contributed by atoms with Crippen LogP contribution >= 0.6 is 15.9 Å². The summed E-state index contributed by atoms with van der Waals surface area (Å²) >= 11 is 3.24. The summed E-state index contributed by atoms with van der Waals surface area (Å²) < 4.78 is 2.55. The number of aryl methyl sites for hydroxylation is 1. The molecule has 0 fully saturated rings. The SMILES string of the molecule is CCCn1cc(CNc2ccc(Br)cc2[N+](=O)[O-])cn1. The second kappa shape index (κ2) is 6.51. The zero-order chi connectivity index (χ0) is 14.5. The molecule has 20 heavy (non-hydrogen) atoms. The van der Waals surface area contributed by atoms with Gasteiger partial charge in [-0.05, 0) is 18.6 Å². The molecule has 1 aromatic carbocycles. The summed E-state index contributed by atoms with van der Waals surface area (Å²) in [5.41, 5.74) is 1.55. The molecule has 1 N–H and O–H groups in total. The summed E-state index contributed by atoms with van der Waals surface area (Å²) in [7, 11) is 0. The van der Waals surface area contributed by atoms with Gasteiger partial charge in [-0.1, -0.05) is 22.9 Å². The van der Waals surface area contributed by atoms with Gasteiger partial charge in [0.1, 0.15) is 5.69 Å². The second-order valence-electron chi connectivity index (χ2n) is 4.38. The number of rotatable bonds is 6. The molecule has 0 aliphatic heterocycles. The van der Waals surface area contributed by atoms with Gasteiger partial charge in [0.2, 0.25) is 0 Å². The fourth-order valence-electron chi connectivity index (χ4n) is 1.85. The van der Waals surface area contributed by atoms with Crippen LogP contribution in [0, 0.1) is 10.1 Å². The van der Waals surface area contributed by atoms with Crippen LogP contribution in [0.15, 0.2) is 35.1 Å². The Morgan fingerprint density at radius 3 is 3.00 bits per heavy atom. The number of nitrogens with zero attached hydrogens (tertiary/aromatic N) is 3. The highest BCUT2D eigenvalue weighted by Gasteiger charge is 2.13. The number of halogens is 1. The van der Waals surface area contributed by atoms with Crippen LogP contribution in [0.1, 0.15) is 18.9 Å². The normalized spacial score (nSPS) is 10.5. The Kier molecular flexibility index (Phi) is 4.73. The van der Waals surface area contributed by atoms with E-state index in [1.807, 2.05) is 10.9 Å². The summed E-state index contributed by atoms with van der Waals surface area (Å²) in [5.74, 6) is 0. The maximum atomic E-state index is 11.0. The van der Waals surface area contributed by atoms with E-state index in [-0.39, 0.29) is 5.69 Å². The third-order valence-electron chi connectivity index (χ3n) is 2.78. The fourth-order valence-corrected chi connectivity index (χ4v) is 2.20. The van der Waals surface area contributed by atoms with Crippen molar-refractivity contribution in [2.24, 2.45) is 0 Å². The Hall–Kier alpha value is -1.89. The van der Waals surface area contributed by atoms with E-state index in [4.69, 9.17) is 0 Å². The maximum Gasteiger partial charge on any atom is 0.293 e. The smallest absolute Gasteiger partial charge is 0.293 e. The number of hydrogen-bond donors (Lipinski definition) is 1. The molecule has 2 aromatic rings. The van der Waals surface area contributed by atoms with Crippen LogP contribution in [0.3, 0.4) is 0 Å². The molecule has 0 spiro atoms. The third kappa shape index (κ3) is 3.57. The quantitative estimate of drug-likeness (QED) is 0.645. The van der Waals surface area contributed by atoms with Crippen molar-refractivity contribution in [3.05, 3.63) is 50.7 Å². The molecule has 0 bridgehead atoms. The Morgan fingerprint density at radius 2 is 2.30 bits per heavy atom. The molecule has 0 aliphatic rings. The van der Waals surface area contributed by atoms with E-state index in [1.54, 1.807) is 18.3 Å². The van der Waals surface area contributed by atoms with Crippen molar-refractivity contribution in [1.82, 2.24) is 9.78 Å². The number of hydrogen-bond acceptors (Lipinski definition) is 4. The average molecular weight is 339 g/mol. The lowest BCUT2D eigenvalue weighted by atomic mass is 10.2. The van der Waals surface area contributed by atoms with Crippen LogP contribution in [0.2, 0.25) is 0 Å². The molecule has 7 heteroatoms. The molecular weight excluding hydrogens is 324 g/mol. The summed E-state index contributed by atoms with van der Waals surface area (Å²) in [6.45, 7) is 3.47. The van der Waals surface area contributed by atoms with Gasteiger partial charge in [0.05, 0.1) is 11.1 Å². The molecule has 0 amide bonds. The summed E-state index contributed by atoms with van der Waals surface area (Å²) in [6, 6.07) is 4.96. The predicted octanol–water partition coefficient (Wildman–Crippen LogP) is 3.58. The number of nitro groups is 1. The summed E-state index contributed by atoms with van der Waals surface area (Å²) in [6.07, 6.45) is 4.74. The molecule has 0 saturated heterocycles. The Morgan fingerprint density at radius 1 is 1.50 bits per heavy atom. The lowest BCUT2D eigenvalue weighted by molar-refractivity contribution is -0.384. The lowest BCUT2D eigenvalue weighted by Crippen LogP contribution is -2.02. The maximum absolute atomic E-state index is 11.0. The van der Waals surface area contributed by atoms with Gasteiger partial charge in [-0.3, -0.25) is 14.8 Å². The van der Waals surface area contributed by atoms with E-state index in [0.29, 0.717) is 16.7 Å². The van der Waals surface area contributed by atoms with Crippen molar-refractivity contribution >= 4 is 27.3 Å². The monoisotopic (exact) mass is 338 g/mol. The van der Waals surface area contributed by atoms with Crippen LogP contribution in [0.25, 0.3) is 0 Å². The standard InChI is InChI=1S/C13H15BrN4O2/c1-2-5-17-9-10(8-16-17)7-15-12-4-3-11(14)6-13(12)18(19)20/h3-4,6,8-9,15H,2,5,7H2,1H3. The minimum absolute atomic E-state index is 0.0559. The van der Waals surface area contributed by atoms with Crippen molar-refractivity contribution in [3.63, 3.8) is 0 Å². The van der Waals surface area contributed by atoms with E-state index in [2.05, 4.69) is 33.3 Å². The minimum atomic E-state index is -0.395. The van der Waals surface area contributed by atoms with Gasteiger partial charge < -0.3 is 5.32 Å². The first-order valence-corrected chi connectivity index (χ1v) is 7.08. The minimum Gasteiger partial charge on any atom is -0.375 e. The van der Waals surface area contributed by atoms with Gasteiger partial charge in [-0.15, -0.1) is 0 Å². The first kappa shape index (κ1) is 14.5. The van der Waals surface area contributed by atoms with Crippen molar-refractivity contribution in [3.8, 4) is 0 Å². The first-order chi connectivity index (χ1) is 9.60. The number of nitrogens with one attached hydrogen (secondary N) is 1. The van der Waals surface area contributed by atoms with Crippen LogP contribution in [-0.4, -0.2) is 14.7 Å². The van der Waals surface area contributed by atoms with Gasteiger partial charge in [0.15, 0.2) is 0 Å². The van der Waals surface area contributed by atoms with Crippen molar-refractivity contribution < 1.29 is 4.92 Å². The van der Waals surface area contributed by atoms with E-state index < -0.39 is 4.92 Å². The molecule has 1 heterocycles. The van der Waals surface area contributed by atoms with Crippen LogP contribution in [-0.2, 0) is 13.1 Å². The molecule has 0 unspecified atom stereocenters. The molecule has 106 valence electrons. The van der Waals surface area contributed by atoms with Gasteiger partial charge in [-0.25, -0.2) is 0 Å². The largest absolute Gasteiger partial charge is 0.375 e. The van der Waals surface area contributed by atoms with Crippen LogP contribution in [0.4, 0.5) is 11.4 Å².